The molecule has 0 aromatic rings. The summed E-state index contributed by atoms with van der Waals surface area (Å²) in [7, 11) is -1.51. The van der Waals surface area contributed by atoms with E-state index in [4.69, 9.17) is 0 Å². The normalized spacial score (nSPS) is 18.3. The van der Waals surface area contributed by atoms with Crippen LogP contribution in [0.15, 0.2) is 4.99 Å². The molecule has 1 saturated carbocycles. The van der Waals surface area contributed by atoms with E-state index in [9.17, 15) is 8.42 Å². The summed E-state index contributed by atoms with van der Waals surface area (Å²) in [4.78, 5) is 4.14. The van der Waals surface area contributed by atoms with Crippen molar-refractivity contribution >= 4 is 16.0 Å². The SMILES string of the molecule is CN=C(NCCS(=O)(=O)NC(C)C)NC1CCCCC1. The lowest BCUT2D eigenvalue weighted by molar-refractivity contribution is 0.410. The van der Waals surface area contributed by atoms with Gasteiger partial charge in [0.05, 0.1) is 5.75 Å². The summed E-state index contributed by atoms with van der Waals surface area (Å²) in [6.45, 7) is 3.98. The number of nitrogens with zero attached hydrogens (tertiary/aromatic N) is 1. The third-order valence-electron chi connectivity index (χ3n) is 3.25. The van der Waals surface area contributed by atoms with Gasteiger partial charge in [-0.25, -0.2) is 13.1 Å². The van der Waals surface area contributed by atoms with Gasteiger partial charge in [-0.1, -0.05) is 19.3 Å². The molecular weight excluding hydrogens is 276 g/mol. The molecule has 1 aliphatic rings. The second-order valence-corrected chi connectivity index (χ2v) is 7.44. The molecule has 0 saturated heterocycles. The first-order valence-corrected chi connectivity index (χ1v) is 9.05. The van der Waals surface area contributed by atoms with Gasteiger partial charge in [-0.15, -0.1) is 0 Å². The topological polar surface area (TPSA) is 82.6 Å². The van der Waals surface area contributed by atoms with Crippen molar-refractivity contribution in [1.29, 1.82) is 0 Å². The Morgan fingerprint density at radius 2 is 1.90 bits per heavy atom. The Labute approximate surface area is 122 Å². The minimum Gasteiger partial charge on any atom is -0.355 e. The van der Waals surface area contributed by atoms with E-state index in [2.05, 4.69) is 20.3 Å². The molecule has 0 radical (unpaired) electrons. The predicted molar refractivity (Wildman–Crippen MR) is 83.4 cm³/mol. The zero-order valence-electron chi connectivity index (χ0n) is 12.8. The summed E-state index contributed by atoms with van der Waals surface area (Å²) in [6, 6.07) is 0.389. The van der Waals surface area contributed by atoms with E-state index in [0.29, 0.717) is 18.5 Å². The van der Waals surface area contributed by atoms with Crippen molar-refractivity contribution in [3.8, 4) is 0 Å². The van der Waals surface area contributed by atoms with E-state index < -0.39 is 10.0 Å². The first kappa shape index (κ1) is 17.2. The zero-order valence-corrected chi connectivity index (χ0v) is 13.6. The molecule has 3 N–H and O–H groups in total. The summed E-state index contributed by atoms with van der Waals surface area (Å²) in [6.07, 6.45) is 6.13. The Kier molecular flexibility index (Phi) is 7.29. The van der Waals surface area contributed by atoms with Gasteiger partial charge in [0.1, 0.15) is 0 Å². The summed E-state index contributed by atoms with van der Waals surface area (Å²) in [5, 5.41) is 6.42. The van der Waals surface area contributed by atoms with E-state index in [0.717, 1.165) is 12.8 Å². The van der Waals surface area contributed by atoms with E-state index in [1.165, 1.54) is 19.3 Å². The number of hydrogen-bond donors (Lipinski definition) is 3. The maximum Gasteiger partial charge on any atom is 0.213 e. The molecule has 0 spiro atoms. The number of guanidine groups is 1. The Bertz CT molecular complexity index is 401. The van der Waals surface area contributed by atoms with E-state index in [-0.39, 0.29) is 11.8 Å². The Morgan fingerprint density at radius 3 is 2.45 bits per heavy atom. The first-order chi connectivity index (χ1) is 9.43. The summed E-state index contributed by atoms with van der Waals surface area (Å²) in [5.41, 5.74) is 0. The second kappa shape index (κ2) is 8.46. The van der Waals surface area contributed by atoms with E-state index in [1.807, 2.05) is 13.8 Å². The molecule has 1 rings (SSSR count). The van der Waals surface area contributed by atoms with Gasteiger partial charge in [-0.3, -0.25) is 4.99 Å². The van der Waals surface area contributed by atoms with Crippen molar-refractivity contribution in [3.05, 3.63) is 0 Å². The van der Waals surface area contributed by atoms with Crippen LogP contribution >= 0.6 is 0 Å². The van der Waals surface area contributed by atoms with Crippen LogP contribution in [0.1, 0.15) is 46.0 Å². The molecule has 0 aromatic carbocycles. The summed E-state index contributed by atoms with van der Waals surface area (Å²) >= 11 is 0. The van der Waals surface area contributed by atoms with Gasteiger partial charge in [-0.05, 0) is 26.7 Å². The highest BCUT2D eigenvalue weighted by Gasteiger charge is 2.15. The molecule has 0 heterocycles. The summed E-state index contributed by atoms with van der Waals surface area (Å²) < 4.78 is 25.9. The third-order valence-corrected chi connectivity index (χ3v) is 4.82. The molecule has 0 atom stereocenters. The number of hydrogen-bond acceptors (Lipinski definition) is 3. The number of sulfonamides is 1. The molecule has 1 aliphatic carbocycles. The van der Waals surface area contributed by atoms with E-state index in [1.54, 1.807) is 7.05 Å². The minimum absolute atomic E-state index is 0.0521. The largest absolute Gasteiger partial charge is 0.355 e. The first-order valence-electron chi connectivity index (χ1n) is 7.40. The molecule has 7 heteroatoms. The van der Waals surface area contributed by atoms with Crippen LogP contribution < -0.4 is 15.4 Å². The summed E-state index contributed by atoms with van der Waals surface area (Å²) in [5.74, 6) is 0.743. The predicted octanol–water partition coefficient (Wildman–Crippen LogP) is 0.812. The van der Waals surface area contributed by atoms with Crippen LogP contribution in [0, 0.1) is 0 Å². The van der Waals surface area contributed by atoms with Crippen LogP contribution in [-0.4, -0.2) is 45.8 Å². The fourth-order valence-electron chi connectivity index (χ4n) is 2.36. The van der Waals surface area contributed by atoms with Crippen molar-refractivity contribution in [2.24, 2.45) is 4.99 Å². The molecule has 0 aliphatic heterocycles. The van der Waals surface area contributed by atoms with Gasteiger partial charge < -0.3 is 10.6 Å². The number of nitrogens with one attached hydrogen (secondary N) is 3. The van der Waals surface area contributed by atoms with Gasteiger partial charge in [0.25, 0.3) is 0 Å². The van der Waals surface area contributed by atoms with Crippen molar-refractivity contribution in [3.63, 3.8) is 0 Å². The molecule has 0 aromatic heterocycles. The maximum atomic E-state index is 11.7. The van der Waals surface area contributed by atoms with Crippen molar-refractivity contribution in [2.45, 2.75) is 58.0 Å². The van der Waals surface area contributed by atoms with Crippen LogP contribution in [0.2, 0.25) is 0 Å². The average molecular weight is 304 g/mol. The monoisotopic (exact) mass is 304 g/mol. The molecular formula is C13H28N4O2S. The molecule has 0 unspecified atom stereocenters. The van der Waals surface area contributed by atoms with E-state index >= 15 is 0 Å². The Balaban J connectivity index is 2.31. The molecule has 0 amide bonds. The van der Waals surface area contributed by atoms with Crippen molar-refractivity contribution in [2.75, 3.05) is 19.3 Å². The van der Waals surface area contributed by atoms with Gasteiger partial charge in [0.15, 0.2) is 5.96 Å². The lowest BCUT2D eigenvalue weighted by Crippen LogP contribution is -2.46. The minimum atomic E-state index is -3.21. The fraction of sp³-hybridized carbons (Fsp3) is 0.923. The van der Waals surface area contributed by atoms with Crippen molar-refractivity contribution in [1.82, 2.24) is 15.4 Å². The lowest BCUT2D eigenvalue weighted by atomic mass is 9.96. The number of rotatable bonds is 6. The highest BCUT2D eigenvalue weighted by Crippen LogP contribution is 2.17. The van der Waals surface area contributed by atoms with Gasteiger partial charge in [0.2, 0.25) is 10.0 Å². The third kappa shape index (κ3) is 7.09. The standard InChI is InChI=1S/C13H28N4O2S/c1-11(2)17-20(18,19)10-9-15-13(14-3)16-12-7-5-4-6-8-12/h11-12,17H,4-10H2,1-3H3,(H2,14,15,16). The molecule has 0 bridgehead atoms. The van der Waals surface area contributed by atoms with Gasteiger partial charge >= 0.3 is 0 Å². The average Bonchev–Trinajstić information content (AvgIpc) is 2.37. The highest BCUT2D eigenvalue weighted by molar-refractivity contribution is 7.89. The molecule has 1 fully saturated rings. The van der Waals surface area contributed by atoms with Gasteiger partial charge in [0, 0.05) is 25.7 Å². The highest BCUT2D eigenvalue weighted by atomic mass is 32.2. The fourth-order valence-corrected chi connectivity index (χ4v) is 3.56. The van der Waals surface area contributed by atoms with Crippen LogP contribution in [-0.2, 0) is 10.0 Å². The zero-order chi connectivity index (χ0) is 15.0. The van der Waals surface area contributed by atoms with Crippen LogP contribution in [0.4, 0.5) is 0 Å². The van der Waals surface area contributed by atoms with Crippen LogP contribution in [0.5, 0.6) is 0 Å². The quantitative estimate of drug-likeness (QED) is 0.501. The molecule has 6 nitrogen and oxygen atoms in total. The molecule has 20 heavy (non-hydrogen) atoms. The Hall–Kier alpha value is -0.820. The lowest BCUT2D eigenvalue weighted by Gasteiger charge is -2.24. The van der Waals surface area contributed by atoms with Gasteiger partial charge in [-0.2, -0.15) is 0 Å². The van der Waals surface area contributed by atoms with Crippen LogP contribution in [0.25, 0.3) is 0 Å². The number of aliphatic imine (C=N–C) groups is 1. The second-order valence-electron chi connectivity index (χ2n) is 5.57. The Morgan fingerprint density at radius 1 is 1.25 bits per heavy atom. The molecule has 118 valence electrons. The van der Waals surface area contributed by atoms with Crippen molar-refractivity contribution < 1.29 is 8.42 Å². The smallest absolute Gasteiger partial charge is 0.213 e. The van der Waals surface area contributed by atoms with Crippen LogP contribution in [0.3, 0.4) is 0 Å². The maximum absolute atomic E-state index is 11.7.